The Morgan fingerprint density at radius 1 is 1.26 bits per heavy atom. The molecule has 0 unspecified atom stereocenters. The molecule has 2 aromatic rings. The van der Waals surface area contributed by atoms with E-state index in [0.29, 0.717) is 12.4 Å². The van der Waals surface area contributed by atoms with Crippen molar-refractivity contribution in [1.29, 1.82) is 0 Å². The van der Waals surface area contributed by atoms with Gasteiger partial charge < -0.3 is 9.47 Å². The molecule has 2 aromatic carbocycles. The second kappa shape index (κ2) is 8.53. The zero-order chi connectivity index (χ0) is 16.5. The summed E-state index contributed by atoms with van der Waals surface area (Å²) in [5, 5.41) is 3.78. The molecule has 1 N–H and O–H groups in total. The number of nitrogens with zero attached hydrogens (tertiary/aromatic N) is 1. The van der Waals surface area contributed by atoms with E-state index in [9.17, 15) is 9.18 Å². The highest BCUT2D eigenvalue weighted by Crippen LogP contribution is 2.14. The molecule has 0 heterocycles. The molecule has 0 fully saturated rings. The predicted molar refractivity (Wildman–Crippen MR) is 84.9 cm³/mol. The van der Waals surface area contributed by atoms with Crippen molar-refractivity contribution in [2.45, 2.75) is 13.5 Å². The second-order valence-electron chi connectivity index (χ2n) is 4.58. The van der Waals surface area contributed by atoms with Crippen LogP contribution in [0.15, 0.2) is 53.6 Å². The Balaban J connectivity index is 1.90. The van der Waals surface area contributed by atoms with Crippen LogP contribution < -0.4 is 10.2 Å². The van der Waals surface area contributed by atoms with Crippen LogP contribution in [0.2, 0.25) is 0 Å². The van der Waals surface area contributed by atoms with E-state index in [4.69, 9.17) is 4.74 Å². The number of carbonyl (C=O) groups excluding carboxylic acids is 1. The van der Waals surface area contributed by atoms with E-state index in [2.05, 4.69) is 15.3 Å². The number of hydrogen-bond donors (Lipinski definition) is 1. The van der Waals surface area contributed by atoms with Crippen LogP contribution in [0.5, 0.6) is 5.75 Å². The summed E-state index contributed by atoms with van der Waals surface area (Å²) in [5.74, 6) is 0.371. The van der Waals surface area contributed by atoms with Crippen molar-refractivity contribution in [1.82, 2.24) is 5.43 Å². The number of ether oxygens (including phenoxy) is 2. The van der Waals surface area contributed by atoms with Gasteiger partial charge in [0.2, 0.25) is 0 Å². The summed E-state index contributed by atoms with van der Waals surface area (Å²) in [6, 6.07) is 13.3. The fraction of sp³-hybridized carbons (Fsp3) is 0.176. The topological polar surface area (TPSA) is 59.9 Å². The van der Waals surface area contributed by atoms with Crippen LogP contribution >= 0.6 is 0 Å². The van der Waals surface area contributed by atoms with Crippen LogP contribution in [0.3, 0.4) is 0 Å². The number of carbonyl (C=O) groups is 1. The van der Waals surface area contributed by atoms with Crippen molar-refractivity contribution in [3.63, 3.8) is 0 Å². The van der Waals surface area contributed by atoms with Gasteiger partial charge in [-0.3, -0.25) is 0 Å². The van der Waals surface area contributed by atoms with Gasteiger partial charge >= 0.3 is 6.09 Å². The van der Waals surface area contributed by atoms with Gasteiger partial charge in [-0.25, -0.2) is 14.6 Å². The molecular formula is C17H17FN2O3. The summed E-state index contributed by atoms with van der Waals surface area (Å²) in [6.07, 6.45) is 0.884. The molecule has 0 aliphatic heterocycles. The van der Waals surface area contributed by atoms with Crippen molar-refractivity contribution < 1.29 is 18.7 Å². The number of benzene rings is 2. The molecule has 23 heavy (non-hydrogen) atoms. The molecule has 5 nitrogen and oxygen atoms in total. The third-order valence-electron chi connectivity index (χ3n) is 2.82. The Kier molecular flexibility index (Phi) is 6.11. The number of nitrogens with one attached hydrogen (secondary N) is 1. The summed E-state index contributed by atoms with van der Waals surface area (Å²) in [5.41, 5.74) is 3.88. The van der Waals surface area contributed by atoms with Crippen LogP contribution in [0.25, 0.3) is 0 Å². The number of halogens is 1. The molecule has 0 atom stereocenters. The average molecular weight is 316 g/mol. The molecular weight excluding hydrogens is 299 g/mol. The maximum absolute atomic E-state index is 12.8. The van der Waals surface area contributed by atoms with E-state index in [1.54, 1.807) is 31.2 Å². The maximum atomic E-state index is 12.8. The Morgan fingerprint density at radius 3 is 2.78 bits per heavy atom. The van der Waals surface area contributed by atoms with Gasteiger partial charge in [-0.15, -0.1) is 0 Å². The Labute approximate surface area is 133 Å². The molecule has 120 valence electrons. The smallest absolute Gasteiger partial charge is 0.427 e. The quantitative estimate of drug-likeness (QED) is 0.655. The van der Waals surface area contributed by atoms with Crippen molar-refractivity contribution in [3.8, 4) is 5.75 Å². The van der Waals surface area contributed by atoms with Crippen molar-refractivity contribution >= 4 is 12.3 Å². The highest BCUT2D eigenvalue weighted by Gasteiger charge is 1.99. The molecule has 0 aromatic heterocycles. The lowest BCUT2D eigenvalue weighted by Gasteiger charge is -2.07. The Hall–Kier alpha value is -2.89. The van der Waals surface area contributed by atoms with Gasteiger partial charge in [0.05, 0.1) is 12.8 Å². The molecule has 1 amide bonds. The summed E-state index contributed by atoms with van der Waals surface area (Å²) in [6.45, 7) is 2.33. The van der Waals surface area contributed by atoms with E-state index < -0.39 is 6.09 Å². The summed E-state index contributed by atoms with van der Waals surface area (Å²) in [7, 11) is 0. The van der Waals surface area contributed by atoms with Gasteiger partial charge in [-0.05, 0) is 42.3 Å². The summed E-state index contributed by atoms with van der Waals surface area (Å²) in [4.78, 5) is 11.1. The minimum atomic E-state index is -0.604. The first-order chi connectivity index (χ1) is 11.2. The lowest BCUT2D eigenvalue weighted by Crippen LogP contribution is -2.18. The van der Waals surface area contributed by atoms with E-state index in [1.807, 2.05) is 12.1 Å². The number of amides is 1. The fourth-order valence-corrected chi connectivity index (χ4v) is 1.75. The average Bonchev–Trinajstić information content (AvgIpc) is 2.55. The molecule has 2 rings (SSSR count). The molecule has 0 aliphatic carbocycles. The van der Waals surface area contributed by atoms with E-state index in [1.165, 1.54) is 18.3 Å². The van der Waals surface area contributed by atoms with Gasteiger partial charge in [0.1, 0.15) is 18.2 Å². The summed E-state index contributed by atoms with van der Waals surface area (Å²) >= 11 is 0. The van der Waals surface area contributed by atoms with Gasteiger partial charge in [0, 0.05) is 0 Å². The van der Waals surface area contributed by atoms with Crippen LogP contribution in [0.1, 0.15) is 18.1 Å². The normalized spacial score (nSPS) is 10.5. The van der Waals surface area contributed by atoms with Gasteiger partial charge in [0.25, 0.3) is 0 Å². The van der Waals surface area contributed by atoms with Crippen molar-refractivity contribution in [2.24, 2.45) is 5.10 Å². The maximum Gasteiger partial charge on any atom is 0.427 e. The fourth-order valence-electron chi connectivity index (χ4n) is 1.75. The largest absolute Gasteiger partial charge is 0.489 e. The number of hydrogen-bond acceptors (Lipinski definition) is 4. The first kappa shape index (κ1) is 16.5. The lowest BCUT2D eigenvalue weighted by molar-refractivity contribution is 0.152. The third-order valence-corrected chi connectivity index (χ3v) is 2.82. The minimum Gasteiger partial charge on any atom is -0.489 e. The standard InChI is InChI=1S/C17H17FN2O3/c1-2-22-17(21)20-19-11-14-4-3-5-16(10-14)23-12-13-6-8-15(18)9-7-13/h3-11H,2,12H2,1H3,(H,20,21)/b19-11-. The Bertz CT molecular complexity index is 672. The molecule has 0 bridgehead atoms. The molecule has 0 aliphatic rings. The first-order valence-electron chi connectivity index (χ1n) is 7.10. The minimum absolute atomic E-state index is 0.277. The van der Waals surface area contributed by atoms with Gasteiger partial charge in [-0.1, -0.05) is 24.3 Å². The zero-order valence-corrected chi connectivity index (χ0v) is 12.7. The van der Waals surface area contributed by atoms with Crippen molar-refractivity contribution in [3.05, 3.63) is 65.5 Å². The van der Waals surface area contributed by atoms with E-state index >= 15 is 0 Å². The summed E-state index contributed by atoms with van der Waals surface area (Å²) < 4.78 is 23.2. The van der Waals surface area contributed by atoms with Crippen molar-refractivity contribution in [2.75, 3.05) is 6.61 Å². The van der Waals surface area contributed by atoms with Crippen LogP contribution in [-0.4, -0.2) is 18.9 Å². The number of rotatable bonds is 6. The number of hydrazone groups is 1. The SMILES string of the molecule is CCOC(=O)N/N=C\c1cccc(OCc2ccc(F)cc2)c1. The molecule has 6 heteroatoms. The highest BCUT2D eigenvalue weighted by molar-refractivity contribution is 5.81. The monoisotopic (exact) mass is 316 g/mol. The molecule has 0 spiro atoms. The third kappa shape index (κ3) is 5.78. The van der Waals surface area contributed by atoms with Gasteiger partial charge in [0.15, 0.2) is 0 Å². The predicted octanol–water partition coefficient (Wildman–Crippen LogP) is 3.48. The molecule has 0 radical (unpaired) electrons. The molecule has 0 saturated carbocycles. The lowest BCUT2D eigenvalue weighted by atomic mass is 10.2. The first-order valence-corrected chi connectivity index (χ1v) is 7.10. The molecule has 0 saturated heterocycles. The Morgan fingerprint density at radius 2 is 2.04 bits per heavy atom. The highest BCUT2D eigenvalue weighted by atomic mass is 19.1. The van der Waals surface area contributed by atoms with Crippen LogP contribution in [0, 0.1) is 5.82 Å². The van der Waals surface area contributed by atoms with E-state index in [-0.39, 0.29) is 12.4 Å². The zero-order valence-electron chi connectivity index (χ0n) is 12.7. The van der Waals surface area contributed by atoms with Gasteiger partial charge in [-0.2, -0.15) is 5.10 Å². The van der Waals surface area contributed by atoms with Crippen LogP contribution in [0.4, 0.5) is 9.18 Å². The second-order valence-corrected chi connectivity index (χ2v) is 4.58. The van der Waals surface area contributed by atoms with E-state index in [0.717, 1.165) is 11.1 Å². The van der Waals surface area contributed by atoms with Crippen LogP contribution in [-0.2, 0) is 11.3 Å².